The van der Waals surface area contributed by atoms with Gasteiger partial charge in [0.25, 0.3) is 0 Å². The molecule has 0 bridgehead atoms. The van der Waals surface area contributed by atoms with Crippen molar-refractivity contribution < 1.29 is 5.11 Å². The Balaban J connectivity index is 2.51. The van der Waals surface area contributed by atoms with Crippen molar-refractivity contribution in [3.05, 3.63) is 35.4 Å². The Bertz CT molecular complexity index is 347. The van der Waals surface area contributed by atoms with Gasteiger partial charge < -0.3 is 10.0 Å². The molecule has 0 aliphatic heterocycles. The second-order valence-electron chi connectivity index (χ2n) is 5.11. The molecule has 2 nitrogen and oxygen atoms in total. The van der Waals surface area contributed by atoms with Gasteiger partial charge in [-0.2, -0.15) is 0 Å². The fourth-order valence-electron chi connectivity index (χ4n) is 2.54. The van der Waals surface area contributed by atoms with Gasteiger partial charge >= 0.3 is 0 Å². The molecular weight excluding hydrogens is 222 g/mol. The number of nitrogens with zero attached hydrogens (tertiary/aromatic N) is 1. The average Bonchev–Trinajstić information content (AvgIpc) is 2.38. The summed E-state index contributed by atoms with van der Waals surface area (Å²) in [5.41, 5.74) is 2.24. The molecule has 102 valence electrons. The molecule has 0 aliphatic carbocycles. The van der Waals surface area contributed by atoms with E-state index in [2.05, 4.69) is 38.8 Å². The van der Waals surface area contributed by atoms with Gasteiger partial charge in [-0.15, -0.1) is 0 Å². The van der Waals surface area contributed by atoms with E-state index in [0.717, 1.165) is 18.5 Å². The van der Waals surface area contributed by atoms with Gasteiger partial charge in [0, 0.05) is 12.6 Å². The van der Waals surface area contributed by atoms with Gasteiger partial charge in [0.2, 0.25) is 0 Å². The molecule has 1 unspecified atom stereocenters. The largest absolute Gasteiger partial charge is 0.388 e. The van der Waals surface area contributed by atoms with Crippen LogP contribution in [0.2, 0.25) is 0 Å². The zero-order valence-corrected chi connectivity index (χ0v) is 12.2. The van der Waals surface area contributed by atoms with Gasteiger partial charge in [-0.3, -0.25) is 0 Å². The zero-order chi connectivity index (χ0) is 13.5. The second-order valence-corrected chi connectivity index (χ2v) is 5.11. The van der Waals surface area contributed by atoms with Crippen LogP contribution in [-0.4, -0.2) is 29.6 Å². The molecule has 0 saturated heterocycles. The van der Waals surface area contributed by atoms with E-state index in [4.69, 9.17) is 0 Å². The molecular formula is C16H27NO. The third-order valence-electron chi connectivity index (χ3n) is 3.87. The number of aliphatic hydroxyl groups excluding tert-OH is 1. The molecule has 0 saturated carbocycles. The first-order chi connectivity index (χ1) is 8.60. The number of benzene rings is 1. The highest BCUT2D eigenvalue weighted by Gasteiger charge is 2.14. The SMILES string of the molecule is CCC(CC)N(C)CCC(O)c1ccccc1C. The Morgan fingerprint density at radius 1 is 1.17 bits per heavy atom. The van der Waals surface area contributed by atoms with Gasteiger partial charge in [-0.1, -0.05) is 38.1 Å². The summed E-state index contributed by atoms with van der Waals surface area (Å²) in [6, 6.07) is 8.73. The van der Waals surface area contributed by atoms with Crippen molar-refractivity contribution in [3.63, 3.8) is 0 Å². The third-order valence-corrected chi connectivity index (χ3v) is 3.87. The summed E-state index contributed by atoms with van der Waals surface area (Å²) in [4.78, 5) is 2.36. The molecule has 1 aromatic carbocycles. The Morgan fingerprint density at radius 2 is 1.78 bits per heavy atom. The summed E-state index contributed by atoms with van der Waals surface area (Å²) in [6.07, 6.45) is 2.81. The summed E-state index contributed by atoms with van der Waals surface area (Å²) in [6.45, 7) is 7.45. The predicted molar refractivity (Wildman–Crippen MR) is 77.8 cm³/mol. The quantitative estimate of drug-likeness (QED) is 0.799. The molecule has 0 spiro atoms. The zero-order valence-electron chi connectivity index (χ0n) is 12.2. The first-order valence-electron chi connectivity index (χ1n) is 7.03. The summed E-state index contributed by atoms with van der Waals surface area (Å²) in [5, 5.41) is 10.3. The fraction of sp³-hybridized carbons (Fsp3) is 0.625. The normalized spacial score (nSPS) is 13.3. The van der Waals surface area contributed by atoms with Crippen molar-refractivity contribution in [2.24, 2.45) is 0 Å². The minimum Gasteiger partial charge on any atom is -0.388 e. The van der Waals surface area contributed by atoms with Crippen LogP contribution in [0.3, 0.4) is 0 Å². The van der Waals surface area contributed by atoms with Gasteiger partial charge in [0.1, 0.15) is 0 Å². The maximum absolute atomic E-state index is 10.3. The highest BCUT2D eigenvalue weighted by Crippen LogP contribution is 2.21. The van der Waals surface area contributed by atoms with Crippen LogP contribution in [0.15, 0.2) is 24.3 Å². The molecule has 0 aromatic heterocycles. The third kappa shape index (κ3) is 4.11. The molecule has 1 aromatic rings. The van der Waals surface area contributed by atoms with Crippen molar-refractivity contribution in [2.45, 2.75) is 52.2 Å². The smallest absolute Gasteiger partial charge is 0.0804 e. The molecule has 1 atom stereocenters. The van der Waals surface area contributed by atoms with Crippen molar-refractivity contribution >= 4 is 0 Å². The second kappa shape index (κ2) is 7.55. The lowest BCUT2D eigenvalue weighted by molar-refractivity contribution is 0.133. The fourth-order valence-corrected chi connectivity index (χ4v) is 2.54. The van der Waals surface area contributed by atoms with E-state index in [1.54, 1.807) is 0 Å². The van der Waals surface area contributed by atoms with Crippen LogP contribution in [0.5, 0.6) is 0 Å². The molecule has 2 heteroatoms. The van der Waals surface area contributed by atoms with Crippen LogP contribution in [0.25, 0.3) is 0 Å². The van der Waals surface area contributed by atoms with Crippen LogP contribution >= 0.6 is 0 Å². The van der Waals surface area contributed by atoms with E-state index in [0.29, 0.717) is 6.04 Å². The molecule has 0 heterocycles. The van der Waals surface area contributed by atoms with Gasteiger partial charge in [0.05, 0.1) is 6.10 Å². The molecule has 1 rings (SSSR count). The maximum atomic E-state index is 10.3. The van der Waals surface area contributed by atoms with E-state index < -0.39 is 0 Å². The lowest BCUT2D eigenvalue weighted by Gasteiger charge is -2.27. The van der Waals surface area contributed by atoms with E-state index in [1.165, 1.54) is 18.4 Å². The first-order valence-corrected chi connectivity index (χ1v) is 7.03. The Labute approximate surface area is 112 Å². The van der Waals surface area contributed by atoms with Crippen LogP contribution < -0.4 is 0 Å². The van der Waals surface area contributed by atoms with Crippen molar-refractivity contribution in [3.8, 4) is 0 Å². The van der Waals surface area contributed by atoms with Crippen molar-refractivity contribution in [1.29, 1.82) is 0 Å². The summed E-state index contributed by atoms with van der Waals surface area (Å²) >= 11 is 0. The Kier molecular flexibility index (Phi) is 6.37. The average molecular weight is 249 g/mol. The Hall–Kier alpha value is -0.860. The summed E-state index contributed by atoms with van der Waals surface area (Å²) in [7, 11) is 2.15. The van der Waals surface area contributed by atoms with Crippen LogP contribution in [-0.2, 0) is 0 Å². The van der Waals surface area contributed by atoms with E-state index >= 15 is 0 Å². The van der Waals surface area contributed by atoms with Crippen LogP contribution in [0, 0.1) is 6.92 Å². The molecule has 18 heavy (non-hydrogen) atoms. The van der Waals surface area contributed by atoms with E-state index in [9.17, 15) is 5.11 Å². The maximum Gasteiger partial charge on any atom is 0.0804 e. The molecule has 0 aliphatic rings. The lowest BCUT2D eigenvalue weighted by Crippen LogP contribution is -2.32. The molecule has 0 amide bonds. The molecule has 1 N–H and O–H groups in total. The summed E-state index contributed by atoms with van der Waals surface area (Å²) in [5.74, 6) is 0. The monoisotopic (exact) mass is 249 g/mol. The van der Waals surface area contributed by atoms with Crippen molar-refractivity contribution in [1.82, 2.24) is 4.90 Å². The number of aryl methyl sites for hydroxylation is 1. The highest BCUT2D eigenvalue weighted by atomic mass is 16.3. The first kappa shape index (κ1) is 15.2. The van der Waals surface area contributed by atoms with E-state index in [1.807, 2.05) is 18.2 Å². The molecule has 0 fully saturated rings. The number of aliphatic hydroxyl groups is 1. The topological polar surface area (TPSA) is 23.5 Å². The number of rotatable bonds is 7. The van der Waals surface area contributed by atoms with Gasteiger partial charge in [-0.25, -0.2) is 0 Å². The standard InChI is InChI=1S/C16H27NO/c1-5-14(6-2)17(4)12-11-16(18)15-10-8-7-9-13(15)3/h7-10,14,16,18H,5-6,11-12H2,1-4H3. The predicted octanol–water partition coefficient (Wildman–Crippen LogP) is 3.54. The van der Waals surface area contributed by atoms with Gasteiger partial charge in [-0.05, 0) is 44.4 Å². The summed E-state index contributed by atoms with van der Waals surface area (Å²) < 4.78 is 0. The highest BCUT2D eigenvalue weighted by molar-refractivity contribution is 5.27. The Morgan fingerprint density at radius 3 is 2.33 bits per heavy atom. The minimum atomic E-state index is -0.344. The number of hydrogen-bond acceptors (Lipinski definition) is 2. The molecule has 0 radical (unpaired) electrons. The van der Waals surface area contributed by atoms with Crippen LogP contribution in [0.4, 0.5) is 0 Å². The lowest BCUT2D eigenvalue weighted by atomic mass is 10.0. The van der Waals surface area contributed by atoms with Crippen LogP contribution in [0.1, 0.15) is 50.3 Å². The van der Waals surface area contributed by atoms with E-state index in [-0.39, 0.29) is 6.10 Å². The van der Waals surface area contributed by atoms with Gasteiger partial charge in [0.15, 0.2) is 0 Å². The number of hydrogen-bond donors (Lipinski definition) is 1. The minimum absolute atomic E-state index is 0.344. The van der Waals surface area contributed by atoms with Crippen molar-refractivity contribution in [2.75, 3.05) is 13.6 Å².